The average molecular weight is 616 g/mol. The van der Waals surface area contributed by atoms with E-state index in [4.69, 9.17) is 19.4 Å². The van der Waals surface area contributed by atoms with Crippen LogP contribution in [0.15, 0.2) is 144 Å². The summed E-state index contributed by atoms with van der Waals surface area (Å²) in [5.74, 6) is 1.91. The highest BCUT2D eigenvalue weighted by Gasteiger charge is 2.35. The van der Waals surface area contributed by atoms with Gasteiger partial charge in [-0.05, 0) is 86.3 Å². The molecule has 2 heterocycles. The molecular weight excluding hydrogens is 587 g/mol. The standard InChI is InChI=1S/C44H29N3O/c1-44(2)37-14-8-6-12-32(37)35-23-28-17-16-27-22-29(18-20-31(27)34(28)25-38(35)44)42-45-41(26-10-4-3-5-11-26)46-43(47-42)30-19-21-40-36(24-30)33-13-7-9-15-39(33)48-40/h3-25H,1-2H3. The number of hydrogen-bond acceptors (Lipinski definition) is 4. The Kier molecular flexibility index (Phi) is 5.59. The minimum atomic E-state index is -0.0525. The minimum absolute atomic E-state index is 0.0525. The van der Waals surface area contributed by atoms with Gasteiger partial charge in [0.25, 0.3) is 0 Å². The summed E-state index contributed by atoms with van der Waals surface area (Å²) in [7, 11) is 0. The molecule has 48 heavy (non-hydrogen) atoms. The van der Waals surface area contributed by atoms with E-state index in [0.717, 1.165) is 44.0 Å². The third kappa shape index (κ3) is 3.99. The van der Waals surface area contributed by atoms with Crippen LogP contribution in [-0.2, 0) is 5.41 Å². The molecular formula is C44H29N3O. The quantitative estimate of drug-likeness (QED) is 0.186. The first-order valence-electron chi connectivity index (χ1n) is 16.4. The van der Waals surface area contributed by atoms with E-state index >= 15 is 0 Å². The zero-order chi connectivity index (χ0) is 32.0. The van der Waals surface area contributed by atoms with E-state index in [1.165, 1.54) is 38.4 Å². The van der Waals surface area contributed by atoms with Crippen molar-refractivity contribution in [2.75, 3.05) is 0 Å². The second kappa shape index (κ2) is 9.93. The van der Waals surface area contributed by atoms with Gasteiger partial charge >= 0.3 is 0 Å². The van der Waals surface area contributed by atoms with Crippen molar-refractivity contribution >= 4 is 43.5 Å². The Hall–Kier alpha value is -6.13. The van der Waals surface area contributed by atoms with Gasteiger partial charge in [-0.25, -0.2) is 15.0 Å². The maximum Gasteiger partial charge on any atom is 0.164 e. The van der Waals surface area contributed by atoms with Gasteiger partial charge in [0.05, 0.1) is 0 Å². The van der Waals surface area contributed by atoms with Crippen molar-refractivity contribution in [3.8, 4) is 45.3 Å². The van der Waals surface area contributed by atoms with E-state index < -0.39 is 0 Å². The lowest BCUT2D eigenvalue weighted by atomic mass is 9.81. The van der Waals surface area contributed by atoms with Crippen molar-refractivity contribution in [3.05, 3.63) is 151 Å². The Morgan fingerprint density at radius 1 is 0.417 bits per heavy atom. The lowest BCUT2D eigenvalue weighted by molar-refractivity contribution is 0.661. The van der Waals surface area contributed by atoms with Crippen LogP contribution in [0, 0.1) is 0 Å². The van der Waals surface area contributed by atoms with Gasteiger partial charge in [-0.3, -0.25) is 0 Å². The summed E-state index contributed by atoms with van der Waals surface area (Å²) in [5, 5.41) is 7.01. The molecule has 0 aliphatic heterocycles. The summed E-state index contributed by atoms with van der Waals surface area (Å²) in [4.78, 5) is 15.1. The number of hydrogen-bond donors (Lipinski definition) is 0. The zero-order valence-corrected chi connectivity index (χ0v) is 26.5. The van der Waals surface area contributed by atoms with Crippen molar-refractivity contribution in [2.24, 2.45) is 0 Å². The Labute approximate surface area is 277 Å². The molecule has 9 aromatic rings. The molecule has 0 saturated carbocycles. The van der Waals surface area contributed by atoms with Crippen LogP contribution in [0.3, 0.4) is 0 Å². The number of rotatable bonds is 3. The summed E-state index contributed by atoms with van der Waals surface area (Å²) in [5.41, 5.74) is 9.92. The molecule has 0 atom stereocenters. The van der Waals surface area contributed by atoms with Crippen LogP contribution >= 0.6 is 0 Å². The predicted octanol–water partition coefficient (Wildman–Crippen LogP) is 11.4. The zero-order valence-electron chi connectivity index (χ0n) is 26.5. The normalized spacial score (nSPS) is 13.4. The summed E-state index contributed by atoms with van der Waals surface area (Å²) in [6, 6.07) is 49.1. The van der Waals surface area contributed by atoms with E-state index in [0.29, 0.717) is 17.5 Å². The highest BCUT2D eigenvalue weighted by molar-refractivity contribution is 6.10. The maximum atomic E-state index is 6.10. The molecule has 0 N–H and O–H groups in total. The number of fused-ring (bicyclic) bond motifs is 9. The molecule has 0 radical (unpaired) electrons. The van der Waals surface area contributed by atoms with Gasteiger partial charge < -0.3 is 4.42 Å². The van der Waals surface area contributed by atoms with Crippen LogP contribution in [-0.4, -0.2) is 15.0 Å². The van der Waals surface area contributed by atoms with Crippen LogP contribution in [0.2, 0.25) is 0 Å². The van der Waals surface area contributed by atoms with Crippen molar-refractivity contribution in [2.45, 2.75) is 19.3 Å². The summed E-state index contributed by atoms with van der Waals surface area (Å²) < 4.78 is 6.10. The molecule has 1 aliphatic carbocycles. The number of para-hydroxylation sites is 1. The number of aromatic nitrogens is 3. The maximum absolute atomic E-state index is 6.10. The molecule has 10 rings (SSSR count). The Bertz CT molecular complexity index is 2760. The van der Waals surface area contributed by atoms with Crippen LogP contribution in [0.5, 0.6) is 0 Å². The first-order valence-corrected chi connectivity index (χ1v) is 16.4. The highest BCUT2D eigenvalue weighted by atomic mass is 16.3. The molecule has 4 heteroatoms. The van der Waals surface area contributed by atoms with Gasteiger partial charge in [0.15, 0.2) is 17.5 Å². The molecule has 0 unspecified atom stereocenters. The highest BCUT2D eigenvalue weighted by Crippen LogP contribution is 2.50. The molecule has 2 aromatic heterocycles. The molecule has 0 spiro atoms. The molecule has 0 fully saturated rings. The molecule has 226 valence electrons. The fourth-order valence-electron chi connectivity index (χ4n) is 7.62. The second-order valence-electron chi connectivity index (χ2n) is 13.3. The molecule has 4 nitrogen and oxygen atoms in total. The third-order valence-corrected chi connectivity index (χ3v) is 10.1. The lowest BCUT2D eigenvalue weighted by Crippen LogP contribution is -2.14. The van der Waals surface area contributed by atoms with E-state index in [-0.39, 0.29) is 5.41 Å². The fraction of sp³-hybridized carbons (Fsp3) is 0.0682. The van der Waals surface area contributed by atoms with Gasteiger partial charge in [-0.1, -0.05) is 111 Å². The summed E-state index contributed by atoms with van der Waals surface area (Å²) in [6.45, 7) is 4.67. The van der Waals surface area contributed by atoms with Gasteiger partial charge in [0.1, 0.15) is 11.2 Å². The van der Waals surface area contributed by atoms with Crippen molar-refractivity contribution in [1.29, 1.82) is 0 Å². The first-order chi connectivity index (χ1) is 23.5. The topological polar surface area (TPSA) is 51.8 Å². The fourth-order valence-corrected chi connectivity index (χ4v) is 7.62. The first kappa shape index (κ1) is 27.0. The van der Waals surface area contributed by atoms with Crippen molar-refractivity contribution in [1.82, 2.24) is 15.0 Å². The Morgan fingerprint density at radius 2 is 1.06 bits per heavy atom. The Balaban J connectivity index is 1.14. The summed E-state index contributed by atoms with van der Waals surface area (Å²) in [6.07, 6.45) is 0. The molecule has 1 aliphatic rings. The van der Waals surface area contributed by atoms with Crippen LogP contribution in [0.4, 0.5) is 0 Å². The van der Waals surface area contributed by atoms with Gasteiger partial charge in [0, 0.05) is 32.9 Å². The van der Waals surface area contributed by atoms with E-state index in [1.54, 1.807) is 0 Å². The molecule has 0 amide bonds. The number of furan rings is 1. The van der Waals surface area contributed by atoms with Crippen molar-refractivity contribution in [3.63, 3.8) is 0 Å². The number of benzene rings is 7. The minimum Gasteiger partial charge on any atom is -0.456 e. The average Bonchev–Trinajstić information content (AvgIpc) is 3.62. The van der Waals surface area contributed by atoms with Crippen molar-refractivity contribution < 1.29 is 4.42 Å². The van der Waals surface area contributed by atoms with E-state index in [2.05, 4.69) is 92.7 Å². The van der Waals surface area contributed by atoms with E-state index in [1.807, 2.05) is 60.7 Å². The third-order valence-electron chi connectivity index (χ3n) is 10.1. The molecule has 0 bridgehead atoms. The van der Waals surface area contributed by atoms with Gasteiger partial charge in [-0.15, -0.1) is 0 Å². The van der Waals surface area contributed by atoms with Crippen LogP contribution in [0.25, 0.3) is 88.8 Å². The van der Waals surface area contributed by atoms with Gasteiger partial charge in [0.2, 0.25) is 0 Å². The predicted molar refractivity (Wildman–Crippen MR) is 196 cm³/mol. The monoisotopic (exact) mass is 615 g/mol. The largest absolute Gasteiger partial charge is 0.456 e. The molecule has 0 saturated heterocycles. The van der Waals surface area contributed by atoms with Crippen LogP contribution < -0.4 is 0 Å². The smallest absolute Gasteiger partial charge is 0.164 e. The summed E-state index contributed by atoms with van der Waals surface area (Å²) >= 11 is 0. The van der Waals surface area contributed by atoms with E-state index in [9.17, 15) is 0 Å². The van der Waals surface area contributed by atoms with Crippen LogP contribution in [0.1, 0.15) is 25.0 Å². The Morgan fingerprint density at radius 3 is 1.90 bits per heavy atom. The number of nitrogens with zero attached hydrogens (tertiary/aromatic N) is 3. The molecule has 7 aromatic carbocycles. The lowest BCUT2D eigenvalue weighted by Gasteiger charge is -2.22. The SMILES string of the molecule is CC1(C)c2ccccc2-c2cc3ccc4cc(-c5nc(-c6ccccc6)nc(-c6ccc7oc8ccccc8c7c6)n5)ccc4c3cc21. The second-order valence-corrected chi connectivity index (χ2v) is 13.3. The van der Waals surface area contributed by atoms with Gasteiger partial charge in [-0.2, -0.15) is 0 Å².